The number of nitrogens with zero attached hydrogens (tertiary/aromatic N) is 1. The molecule has 2 N–H and O–H groups in total. The SMILES string of the molecule is CC(NC(=O)COC(=O)c1cccc(CN2C(=O)CNC2=O)c1)c1ccc2c(c1)CCCC2. The zero-order chi connectivity index (χ0) is 23.4. The largest absolute Gasteiger partial charge is 0.452 e. The Morgan fingerprint density at radius 3 is 2.64 bits per heavy atom. The highest BCUT2D eigenvalue weighted by molar-refractivity contribution is 6.01. The molecule has 1 unspecified atom stereocenters. The monoisotopic (exact) mass is 449 g/mol. The normalized spacial score (nSPS) is 16.1. The molecular weight excluding hydrogens is 422 g/mol. The van der Waals surface area contributed by atoms with Crippen molar-refractivity contribution in [1.82, 2.24) is 15.5 Å². The quantitative estimate of drug-likeness (QED) is 0.500. The number of urea groups is 1. The number of imide groups is 1. The van der Waals surface area contributed by atoms with Crippen LogP contribution in [0.5, 0.6) is 0 Å². The molecule has 2 aromatic carbocycles. The fraction of sp³-hybridized carbons (Fsp3) is 0.360. The summed E-state index contributed by atoms with van der Waals surface area (Å²) in [6.45, 7) is 1.54. The highest BCUT2D eigenvalue weighted by atomic mass is 16.5. The second kappa shape index (κ2) is 9.85. The van der Waals surface area contributed by atoms with Crippen LogP contribution in [0.3, 0.4) is 0 Å². The van der Waals surface area contributed by atoms with Gasteiger partial charge < -0.3 is 15.4 Å². The lowest BCUT2D eigenvalue weighted by Crippen LogP contribution is -2.31. The zero-order valence-corrected chi connectivity index (χ0v) is 18.6. The maximum absolute atomic E-state index is 12.4. The Morgan fingerprint density at radius 1 is 1.09 bits per heavy atom. The smallest absolute Gasteiger partial charge is 0.338 e. The lowest BCUT2D eigenvalue weighted by Gasteiger charge is -2.20. The van der Waals surface area contributed by atoms with Crippen LogP contribution in [-0.4, -0.2) is 41.9 Å². The summed E-state index contributed by atoms with van der Waals surface area (Å²) in [5.41, 5.74) is 4.62. The first-order valence-corrected chi connectivity index (χ1v) is 11.2. The molecule has 1 aliphatic carbocycles. The molecular formula is C25H27N3O5. The van der Waals surface area contributed by atoms with E-state index >= 15 is 0 Å². The van der Waals surface area contributed by atoms with Crippen molar-refractivity contribution in [2.45, 2.75) is 45.2 Å². The first-order chi connectivity index (χ1) is 15.9. The second-order valence-corrected chi connectivity index (χ2v) is 8.44. The van der Waals surface area contributed by atoms with Gasteiger partial charge in [-0.15, -0.1) is 0 Å². The van der Waals surface area contributed by atoms with Crippen molar-refractivity contribution in [1.29, 1.82) is 0 Å². The predicted molar refractivity (Wildman–Crippen MR) is 120 cm³/mol. The van der Waals surface area contributed by atoms with Gasteiger partial charge in [-0.2, -0.15) is 0 Å². The summed E-state index contributed by atoms with van der Waals surface area (Å²) in [5.74, 6) is -1.35. The van der Waals surface area contributed by atoms with Crippen LogP contribution in [0, 0.1) is 0 Å². The Balaban J connectivity index is 1.30. The lowest BCUT2D eigenvalue weighted by atomic mass is 9.89. The third kappa shape index (κ3) is 5.39. The number of aryl methyl sites for hydroxylation is 2. The lowest BCUT2D eigenvalue weighted by molar-refractivity contribution is -0.125. The van der Waals surface area contributed by atoms with Crippen LogP contribution in [0.25, 0.3) is 0 Å². The van der Waals surface area contributed by atoms with Gasteiger partial charge in [-0.3, -0.25) is 14.5 Å². The maximum atomic E-state index is 12.4. The molecule has 1 heterocycles. The molecule has 1 fully saturated rings. The Labute approximate surface area is 192 Å². The van der Waals surface area contributed by atoms with Crippen molar-refractivity contribution < 1.29 is 23.9 Å². The molecule has 1 saturated heterocycles. The minimum Gasteiger partial charge on any atom is -0.452 e. The minimum absolute atomic E-state index is 0.0282. The Bertz CT molecular complexity index is 1080. The summed E-state index contributed by atoms with van der Waals surface area (Å²) >= 11 is 0. The van der Waals surface area contributed by atoms with Crippen molar-refractivity contribution >= 4 is 23.8 Å². The number of nitrogens with one attached hydrogen (secondary N) is 2. The van der Waals surface area contributed by atoms with Gasteiger partial charge in [0.2, 0.25) is 5.91 Å². The molecule has 0 radical (unpaired) electrons. The Morgan fingerprint density at radius 2 is 1.88 bits per heavy atom. The van der Waals surface area contributed by atoms with Crippen molar-refractivity contribution in [2.24, 2.45) is 0 Å². The number of amides is 4. The van der Waals surface area contributed by atoms with E-state index < -0.39 is 18.6 Å². The third-order valence-corrected chi connectivity index (χ3v) is 6.02. The molecule has 0 spiro atoms. The number of carbonyl (C=O) groups is 4. The van der Waals surface area contributed by atoms with Gasteiger partial charge in [0, 0.05) is 0 Å². The highest BCUT2D eigenvalue weighted by Crippen LogP contribution is 2.24. The van der Waals surface area contributed by atoms with Gasteiger partial charge >= 0.3 is 12.0 Å². The van der Waals surface area contributed by atoms with Crippen LogP contribution in [0.4, 0.5) is 4.79 Å². The predicted octanol–water partition coefficient (Wildman–Crippen LogP) is 2.65. The summed E-state index contributed by atoms with van der Waals surface area (Å²) in [5, 5.41) is 5.33. The van der Waals surface area contributed by atoms with Crippen molar-refractivity contribution in [2.75, 3.05) is 13.2 Å². The summed E-state index contributed by atoms with van der Waals surface area (Å²) < 4.78 is 5.17. The van der Waals surface area contributed by atoms with Crippen LogP contribution in [0.15, 0.2) is 42.5 Å². The molecule has 1 aliphatic heterocycles. The first-order valence-electron chi connectivity index (χ1n) is 11.2. The van der Waals surface area contributed by atoms with Gasteiger partial charge in [0.05, 0.1) is 24.7 Å². The number of esters is 1. The molecule has 4 rings (SSSR count). The number of fused-ring (bicyclic) bond motifs is 1. The van der Waals surface area contributed by atoms with Crippen molar-refractivity contribution in [3.63, 3.8) is 0 Å². The van der Waals surface area contributed by atoms with E-state index in [0.717, 1.165) is 23.3 Å². The molecule has 0 aromatic heterocycles. The van der Waals surface area contributed by atoms with Gasteiger partial charge in [-0.1, -0.05) is 30.3 Å². The molecule has 1 atom stereocenters. The molecule has 2 aromatic rings. The van der Waals surface area contributed by atoms with Crippen LogP contribution in [0.1, 0.15) is 58.4 Å². The molecule has 33 heavy (non-hydrogen) atoms. The van der Waals surface area contributed by atoms with Gasteiger partial charge in [-0.05, 0) is 67.0 Å². The third-order valence-electron chi connectivity index (χ3n) is 6.02. The van der Waals surface area contributed by atoms with Crippen LogP contribution in [-0.2, 0) is 33.7 Å². The van der Waals surface area contributed by atoms with E-state index in [0.29, 0.717) is 5.56 Å². The summed E-state index contributed by atoms with van der Waals surface area (Å²) in [4.78, 5) is 49.3. The minimum atomic E-state index is -0.648. The average Bonchev–Trinajstić information content (AvgIpc) is 3.14. The standard InChI is InChI=1S/C25H27N3O5/c1-16(19-10-9-18-6-2-3-7-20(18)12-19)27-22(29)15-33-24(31)21-8-4-5-17(11-21)14-28-23(30)13-26-25(28)32/h4-5,8-12,16H,2-3,6-7,13-15H2,1H3,(H,26,32)(H,27,29). The van der Waals surface area contributed by atoms with E-state index in [1.165, 1.54) is 24.0 Å². The first kappa shape index (κ1) is 22.5. The summed E-state index contributed by atoms with van der Waals surface area (Å²) in [7, 11) is 0. The zero-order valence-electron chi connectivity index (χ0n) is 18.6. The Kier molecular flexibility index (Phi) is 6.72. The maximum Gasteiger partial charge on any atom is 0.338 e. The summed E-state index contributed by atoms with van der Waals surface area (Å²) in [6.07, 6.45) is 4.58. The molecule has 8 nitrogen and oxygen atoms in total. The number of carbonyl (C=O) groups excluding carboxylic acids is 4. The van der Waals surface area contributed by atoms with E-state index in [1.807, 2.05) is 13.0 Å². The van der Waals surface area contributed by atoms with Crippen molar-refractivity contribution in [3.05, 3.63) is 70.3 Å². The van der Waals surface area contributed by atoms with Gasteiger partial charge in [0.15, 0.2) is 6.61 Å². The molecule has 172 valence electrons. The molecule has 8 heteroatoms. The van der Waals surface area contributed by atoms with Crippen LogP contribution < -0.4 is 10.6 Å². The summed E-state index contributed by atoms with van der Waals surface area (Å²) in [6, 6.07) is 12.1. The molecule has 2 aliphatic rings. The number of benzene rings is 2. The van der Waals surface area contributed by atoms with E-state index in [1.54, 1.807) is 24.3 Å². The van der Waals surface area contributed by atoms with Crippen LogP contribution >= 0.6 is 0 Å². The van der Waals surface area contributed by atoms with Gasteiger partial charge in [-0.25, -0.2) is 9.59 Å². The van der Waals surface area contributed by atoms with E-state index in [4.69, 9.17) is 4.74 Å². The fourth-order valence-corrected chi connectivity index (χ4v) is 4.20. The topological polar surface area (TPSA) is 105 Å². The average molecular weight is 450 g/mol. The number of ether oxygens (including phenoxy) is 1. The second-order valence-electron chi connectivity index (χ2n) is 8.44. The number of hydrogen-bond donors (Lipinski definition) is 2. The van der Waals surface area contributed by atoms with Crippen molar-refractivity contribution in [3.8, 4) is 0 Å². The van der Waals surface area contributed by atoms with E-state index in [2.05, 4.69) is 22.8 Å². The van der Waals surface area contributed by atoms with E-state index in [-0.39, 0.29) is 36.5 Å². The number of hydrogen-bond acceptors (Lipinski definition) is 5. The number of rotatable bonds is 7. The van der Waals surface area contributed by atoms with E-state index in [9.17, 15) is 19.2 Å². The highest BCUT2D eigenvalue weighted by Gasteiger charge is 2.28. The van der Waals surface area contributed by atoms with Crippen LogP contribution in [0.2, 0.25) is 0 Å². The van der Waals surface area contributed by atoms with Gasteiger partial charge in [0.25, 0.3) is 5.91 Å². The van der Waals surface area contributed by atoms with Gasteiger partial charge in [0.1, 0.15) is 0 Å². The molecule has 0 saturated carbocycles. The molecule has 4 amide bonds. The molecule has 0 bridgehead atoms. The fourth-order valence-electron chi connectivity index (χ4n) is 4.20. The Hall–Kier alpha value is -3.68.